The zero-order chi connectivity index (χ0) is 21.3. The van der Waals surface area contributed by atoms with Crippen molar-refractivity contribution >= 4 is 23.3 Å². The van der Waals surface area contributed by atoms with Gasteiger partial charge in [0.1, 0.15) is 31.2 Å². The number of rotatable bonds is 7. The first-order valence-electron chi connectivity index (χ1n) is 10.9. The molecule has 4 rings (SSSR count). The Labute approximate surface area is 177 Å². The highest BCUT2D eigenvalue weighted by Gasteiger charge is 2.50. The van der Waals surface area contributed by atoms with Gasteiger partial charge in [0.2, 0.25) is 12.2 Å². The smallest absolute Gasteiger partial charge is 0.338 e. The van der Waals surface area contributed by atoms with E-state index >= 15 is 0 Å². The molecule has 0 spiro atoms. The summed E-state index contributed by atoms with van der Waals surface area (Å²) in [5, 5.41) is 0. The predicted molar refractivity (Wildman–Crippen MR) is 114 cm³/mol. The van der Waals surface area contributed by atoms with Crippen LogP contribution in [-0.4, -0.2) is 35.3 Å². The Balaban J connectivity index is 1.54. The number of carbonyl (C=O) groups excluding carboxylic acids is 2. The summed E-state index contributed by atoms with van der Waals surface area (Å²) in [6.45, 7) is 6.13. The summed E-state index contributed by atoms with van der Waals surface area (Å²) in [6, 6.07) is 5.63. The number of hydrogen-bond acceptors (Lipinski definition) is 4. The summed E-state index contributed by atoms with van der Waals surface area (Å²) < 4.78 is 9.41. The summed E-state index contributed by atoms with van der Waals surface area (Å²) in [5.74, 6) is -0.220. The lowest BCUT2D eigenvalue weighted by atomic mass is 9.96. The number of anilines is 2. The Kier molecular flexibility index (Phi) is 5.54. The number of benzene rings is 1. The molecule has 2 aliphatic heterocycles. The second-order valence-electron chi connectivity index (χ2n) is 8.46. The van der Waals surface area contributed by atoms with Crippen LogP contribution >= 0.6 is 0 Å². The third-order valence-electron chi connectivity index (χ3n) is 6.24. The second-order valence-corrected chi connectivity index (χ2v) is 8.46. The molecule has 160 valence electrons. The predicted octanol–water partition coefficient (Wildman–Crippen LogP) is 3.02. The summed E-state index contributed by atoms with van der Waals surface area (Å²) >= 11 is 0. The molecule has 2 aromatic rings. The Morgan fingerprint density at radius 3 is 2.83 bits per heavy atom. The quantitative estimate of drug-likeness (QED) is 0.519. The molecule has 1 unspecified atom stereocenters. The van der Waals surface area contributed by atoms with E-state index in [2.05, 4.69) is 18.7 Å². The average molecular weight is 412 g/mol. The van der Waals surface area contributed by atoms with Crippen molar-refractivity contribution < 1.29 is 18.9 Å². The fraction of sp³-hybridized carbons (Fsp3) is 0.522. The summed E-state index contributed by atoms with van der Waals surface area (Å²) in [4.78, 5) is 29.8. The van der Waals surface area contributed by atoms with Crippen molar-refractivity contribution in [1.82, 2.24) is 4.57 Å². The number of amides is 1. The van der Waals surface area contributed by atoms with Crippen LogP contribution in [0.15, 0.2) is 36.9 Å². The van der Waals surface area contributed by atoms with Gasteiger partial charge < -0.3 is 9.64 Å². The highest BCUT2D eigenvalue weighted by atomic mass is 16.5. The van der Waals surface area contributed by atoms with Gasteiger partial charge in [0.15, 0.2) is 0 Å². The van der Waals surface area contributed by atoms with E-state index in [0.29, 0.717) is 25.1 Å². The van der Waals surface area contributed by atoms with Crippen LogP contribution in [0.25, 0.3) is 0 Å². The van der Waals surface area contributed by atoms with Gasteiger partial charge in [0.25, 0.3) is 0 Å². The summed E-state index contributed by atoms with van der Waals surface area (Å²) in [6.07, 6.45) is 10.4. The van der Waals surface area contributed by atoms with Crippen LogP contribution in [0.2, 0.25) is 0 Å². The number of imidazole rings is 1. The number of aryl methyl sites for hydroxylation is 1. The second kappa shape index (κ2) is 8.13. The number of piperidine rings is 1. The van der Waals surface area contributed by atoms with Crippen molar-refractivity contribution in [3.8, 4) is 0 Å². The molecule has 0 saturated carbocycles. The zero-order valence-electron chi connectivity index (χ0n) is 18.1. The van der Waals surface area contributed by atoms with Gasteiger partial charge in [-0.25, -0.2) is 13.9 Å². The highest BCUT2D eigenvalue weighted by molar-refractivity contribution is 6.04. The molecule has 7 heteroatoms. The van der Waals surface area contributed by atoms with Gasteiger partial charge in [-0.3, -0.25) is 9.69 Å². The number of ether oxygens (including phenoxy) is 1. The average Bonchev–Trinajstić information content (AvgIpc) is 3.24. The summed E-state index contributed by atoms with van der Waals surface area (Å²) in [5.41, 5.74) is 2.02. The van der Waals surface area contributed by atoms with Crippen LogP contribution in [0.3, 0.4) is 0 Å². The maximum absolute atomic E-state index is 12.9. The molecule has 1 saturated heterocycles. The first kappa shape index (κ1) is 20.4. The number of aromatic nitrogens is 2. The molecule has 1 aromatic carbocycles. The first-order chi connectivity index (χ1) is 14.4. The van der Waals surface area contributed by atoms with Gasteiger partial charge in [0, 0.05) is 13.0 Å². The van der Waals surface area contributed by atoms with E-state index in [0.717, 1.165) is 43.6 Å². The first-order valence-corrected chi connectivity index (χ1v) is 10.9. The van der Waals surface area contributed by atoms with E-state index in [1.807, 2.05) is 58.0 Å². The van der Waals surface area contributed by atoms with E-state index in [1.165, 1.54) is 0 Å². The Hall–Kier alpha value is -2.83. The topological polar surface area (TPSA) is 58.7 Å². The Morgan fingerprint density at radius 1 is 1.27 bits per heavy atom. The molecule has 1 aromatic heterocycles. The molecule has 0 aliphatic carbocycles. The molecule has 3 heterocycles. The fourth-order valence-electron chi connectivity index (χ4n) is 4.67. The molecular weight excluding hydrogens is 380 g/mol. The number of nitrogens with zero attached hydrogens (tertiary/aromatic N) is 4. The number of unbranched alkanes of at least 4 members (excludes halogenated alkanes) is 1. The van der Waals surface area contributed by atoms with Crippen LogP contribution in [0.5, 0.6) is 0 Å². The minimum absolute atomic E-state index is 0.134. The van der Waals surface area contributed by atoms with Crippen LogP contribution in [0.4, 0.5) is 11.4 Å². The molecule has 1 atom stereocenters. The summed E-state index contributed by atoms with van der Waals surface area (Å²) in [7, 11) is 1.95. The van der Waals surface area contributed by atoms with Crippen molar-refractivity contribution in [3.05, 3.63) is 42.5 Å². The van der Waals surface area contributed by atoms with E-state index in [4.69, 9.17) is 4.74 Å². The minimum Gasteiger partial charge on any atom is -0.458 e. The van der Waals surface area contributed by atoms with Crippen molar-refractivity contribution in [2.75, 3.05) is 23.0 Å². The molecular formula is C23H31N4O3+. The lowest BCUT2D eigenvalue weighted by Gasteiger charge is -2.45. The lowest BCUT2D eigenvalue weighted by molar-refractivity contribution is -0.671. The molecule has 30 heavy (non-hydrogen) atoms. The number of hydrogen-bond donors (Lipinski definition) is 0. The van der Waals surface area contributed by atoms with Crippen molar-refractivity contribution in [1.29, 1.82) is 0 Å². The largest absolute Gasteiger partial charge is 0.458 e. The van der Waals surface area contributed by atoms with E-state index < -0.39 is 0 Å². The van der Waals surface area contributed by atoms with Crippen molar-refractivity contribution in [3.63, 3.8) is 0 Å². The maximum Gasteiger partial charge on any atom is 0.338 e. The van der Waals surface area contributed by atoms with Crippen LogP contribution < -0.4 is 14.4 Å². The van der Waals surface area contributed by atoms with E-state index in [9.17, 15) is 9.59 Å². The number of carbonyl (C=O) groups is 2. The molecule has 1 amide bonds. The number of fused-ring (bicyclic) bond motifs is 3. The highest BCUT2D eigenvalue weighted by Crippen LogP contribution is 2.50. The van der Waals surface area contributed by atoms with E-state index in [1.54, 1.807) is 0 Å². The Morgan fingerprint density at radius 2 is 2.10 bits per heavy atom. The maximum atomic E-state index is 12.9. The monoisotopic (exact) mass is 411 g/mol. The zero-order valence-corrected chi connectivity index (χ0v) is 18.1. The third kappa shape index (κ3) is 3.57. The van der Waals surface area contributed by atoms with Gasteiger partial charge in [-0.15, -0.1) is 0 Å². The molecule has 0 bridgehead atoms. The van der Waals surface area contributed by atoms with Crippen LogP contribution in [0.1, 0.15) is 56.3 Å². The molecule has 2 aliphatic rings. The molecule has 1 fully saturated rings. The van der Waals surface area contributed by atoms with Gasteiger partial charge in [-0.2, -0.15) is 0 Å². The van der Waals surface area contributed by atoms with Gasteiger partial charge >= 0.3 is 5.97 Å². The van der Waals surface area contributed by atoms with Gasteiger partial charge in [0.05, 0.1) is 24.0 Å². The van der Waals surface area contributed by atoms with Crippen molar-refractivity contribution in [2.24, 2.45) is 7.05 Å². The normalized spacial score (nSPS) is 20.3. The molecule has 7 nitrogen and oxygen atoms in total. The minimum atomic E-state index is -0.354. The van der Waals surface area contributed by atoms with Crippen LogP contribution in [-0.2, 0) is 23.1 Å². The lowest BCUT2D eigenvalue weighted by Crippen LogP contribution is -2.59. The standard InChI is InChI=1S/C23H31N4O3/c1-4-5-11-26-19-9-8-18(22(29)30-15-14-25-13-12-24(3)17-25)16-20(19)27-21(28)7-6-10-23(26,27)2/h8-9,12-13,16-17H,4-7,10-11,14-15H2,1-3H3/q+1. The molecule has 0 N–H and O–H groups in total. The van der Waals surface area contributed by atoms with Gasteiger partial charge in [-0.1, -0.05) is 13.3 Å². The number of esters is 1. The fourth-order valence-corrected chi connectivity index (χ4v) is 4.67. The Bertz CT molecular complexity index is 954. The van der Waals surface area contributed by atoms with Crippen LogP contribution in [0, 0.1) is 0 Å². The van der Waals surface area contributed by atoms with Crippen molar-refractivity contribution in [2.45, 2.75) is 58.2 Å². The SMILES string of the molecule is CCCCN1c2ccc(C(=O)OCCn3cc[n+](C)c3)cc2N2C(=O)CCCC12C. The molecule has 0 radical (unpaired) electrons. The third-order valence-corrected chi connectivity index (χ3v) is 6.24. The van der Waals surface area contributed by atoms with Gasteiger partial charge in [-0.05, 0) is 44.4 Å². The van der Waals surface area contributed by atoms with E-state index in [-0.39, 0.29) is 17.5 Å².